The molecule has 0 aliphatic heterocycles. The second kappa shape index (κ2) is 5.98. The summed E-state index contributed by atoms with van der Waals surface area (Å²) in [6.45, 7) is 3.99. The number of aliphatic hydroxyl groups excluding tert-OH is 1. The zero-order valence-corrected chi connectivity index (χ0v) is 8.48. The predicted octanol–water partition coefficient (Wildman–Crippen LogP) is 1.60. The highest BCUT2D eigenvalue weighted by atomic mass is 16.5. The monoisotopic (exact) mass is 206 g/mol. The number of carbonyl (C=O) groups is 1. The summed E-state index contributed by atoms with van der Waals surface area (Å²) in [5, 5.41) is 8.79. The Morgan fingerprint density at radius 1 is 1.47 bits per heavy atom. The number of carbonyl (C=O) groups excluding carboxylic acids is 1. The van der Waals surface area contributed by atoms with Crippen LogP contribution in [0.1, 0.15) is 15.9 Å². The largest absolute Gasteiger partial charge is 0.489 e. The highest BCUT2D eigenvalue weighted by Gasteiger charge is 2.03. The molecule has 0 unspecified atom stereocenters. The van der Waals surface area contributed by atoms with Gasteiger partial charge < -0.3 is 9.84 Å². The molecule has 0 aliphatic carbocycles. The van der Waals surface area contributed by atoms with E-state index in [-0.39, 0.29) is 6.61 Å². The summed E-state index contributed by atoms with van der Waals surface area (Å²) < 4.78 is 5.33. The Balaban J connectivity index is 2.90. The van der Waals surface area contributed by atoms with Gasteiger partial charge in [-0.1, -0.05) is 18.7 Å². The Hall–Kier alpha value is -1.61. The maximum absolute atomic E-state index is 10.7. The van der Waals surface area contributed by atoms with Crippen molar-refractivity contribution >= 4 is 6.29 Å². The molecule has 1 rings (SSSR count). The molecule has 3 nitrogen and oxygen atoms in total. The SMILES string of the molecule is C=CCOc1cc(CCO)ccc1C=O. The standard InChI is InChI=1S/C12H14O3/c1-2-7-15-12-8-10(5-6-13)3-4-11(12)9-14/h2-4,8-9,13H,1,5-7H2. The van der Waals surface area contributed by atoms with E-state index in [1.165, 1.54) is 0 Å². The van der Waals surface area contributed by atoms with Gasteiger partial charge in [0.25, 0.3) is 0 Å². The maximum Gasteiger partial charge on any atom is 0.153 e. The first kappa shape index (κ1) is 11.5. The van der Waals surface area contributed by atoms with Crippen LogP contribution in [0.2, 0.25) is 0 Å². The molecule has 1 aromatic carbocycles. The van der Waals surface area contributed by atoms with Gasteiger partial charge >= 0.3 is 0 Å². The van der Waals surface area contributed by atoms with E-state index in [9.17, 15) is 4.79 Å². The van der Waals surface area contributed by atoms with Crippen LogP contribution in [0.4, 0.5) is 0 Å². The van der Waals surface area contributed by atoms with Crippen LogP contribution < -0.4 is 4.74 Å². The molecule has 15 heavy (non-hydrogen) atoms. The van der Waals surface area contributed by atoms with E-state index in [1.54, 1.807) is 24.3 Å². The topological polar surface area (TPSA) is 46.5 Å². The van der Waals surface area contributed by atoms with Gasteiger partial charge in [-0.15, -0.1) is 0 Å². The Kier molecular flexibility index (Phi) is 4.57. The molecule has 0 saturated heterocycles. The number of hydrogen-bond donors (Lipinski definition) is 1. The average molecular weight is 206 g/mol. The van der Waals surface area contributed by atoms with Gasteiger partial charge in [-0.2, -0.15) is 0 Å². The summed E-state index contributed by atoms with van der Waals surface area (Å²) >= 11 is 0. The quantitative estimate of drug-likeness (QED) is 0.568. The molecule has 0 heterocycles. The third kappa shape index (κ3) is 3.22. The van der Waals surface area contributed by atoms with E-state index >= 15 is 0 Å². The van der Waals surface area contributed by atoms with Crippen molar-refractivity contribution in [2.75, 3.05) is 13.2 Å². The minimum absolute atomic E-state index is 0.0847. The van der Waals surface area contributed by atoms with Gasteiger partial charge in [0.2, 0.25) is 0 Å². The van der Waals surface area contributed by atoms with Crippen molar-refractivity contribution in [3.05, 3.63) is 42.0 Å². The molecule has 0 atom stereocenters. The molecule has 0 bridgehead atoms. The smallest absolute Gasteiger partial charge is 0.153 e. The van der Waals surface area contributed by atoms with E-state index in [1.807, 2.05) is 0 Å². The minimum atomic E-state index is 0.0847. The Morgan fingerprint density at radius 3 is 2.87 bits per heavy atom. The van der Waals surface area contributed by atoms with Gasteiger partial charge in [0, 0.05) is 6.61 Å². The van der Waals surface area contributed by atoms with Crippen molar-refractivity contribution in [3.8, 4) is 5.75 Å². The fraction of sp³-hybridized carbons (Fsp3) is 0.250. The van der Waals surface area contributed by atoms with Gasteiger partial charge in [-0.3, -0.25) is 4.79 Å². The molecule has 0 saturated carbocycles. The number of benzene rings is 1. The number of ether oxygens (including phenoxy) is 1. The summed E-state index contributed by atoms with van der Waals surface area (Å²) in [4.78, 5) is 10.7. The number of aldehydes is 1. The summed E-state index contributed by atoms with van der Waals surface area (Å²) in [5.74, 6) is 0.538. The van der Waals surface area contributed by atoms with Gasteiger partial charge in [0.1, 0.15) is 12.4 Å². The molecule has 0 spiro atoms. The van der Waals surface area contributed by atoms with E-state index in [2.05, 4.69) is 6.58 Å². The lowest BCUT2D eigenvalue weighted by atomic mass is 10.1. The molecule has 3 heteroatoms. The zero-order valence-electron chi connectivity index (χ0n) is 8.48. The van der Waals surface area contributed by atoms with Crippen molar-refractivity contribution in [1.29, 1.82) is 0 Å². The lowest BCUT2D eigenvalue weighted by molar-refractivity contribution is 0.112. The minimum Gasteiger partial charge on any atom is -0.489 e. The second-order valence-corrected chi connectivity index (χ2v) is 3.06. The molecule has 1 aromatic rings. The fourth-order valence-electron chi connectivity index (χ4n) is 1.23. The third-order valence-electron chi connectivity index (χ3n) is 1.96. The number of aliphatic hydroxyl groups is 1. The van der Waals surface area contributed by atoms with E-state index in [4.69, 9.17) is 9.84 Å². The van der Waals surface area contributed by atoms with Crippen LogP contribution in [0.5, 0.6) is 5.75 Å². The van der Waals surface area contributed by atoms with Crippen LogP contribution in [0, 0.1) is 0 Å². The third-order valence-corrected chi connectivity index (χ3v) is 1.96. The summed E-state index contributed by atoms with van der Waals surface area (Å²) in [6.07, 6.45) is 2.93. The molecule has 80 valence electrons. The van der Waals surface area contributed by atoms with Gasteiger partial charge in [0.15, 0.2) is 6.29 Å². The maximum atomic E-state index is 10.7. The normalized spacial score (nSPS) is 9.67. The van der Waals surface area contributed by atoms with Crippen molar-refractivity contribution in [3.63, 3.8) is 0 Å². The van der Waals surface area contributed by atoms with Crippen molar-refractivity contribution in [2.45, 2.75) is 6.42 Å². The average Bonchev–Trinajstić information content (AvgIpc) is 2.27. The summed E-state index contributed by atoms with van der Waals surface area (Å²) in [5.41, 5.74) is 1.46. The molecule has 0 aliphatic rings. The van der Waals surface area contributed by atoms with Crippen molar-refractivity contribution in [2.24, 2.45) is 0 Å². The van der Waals surface area contributed by atoms with E-state index in [0.29, 0.717) is 24.3 Å². The molecule has 0 aromatic heterocycles. The van der Waals surface area contributed by atoms with Crippen LogP contribution >= 0.6 is 0 Å². The zero-order chi connectivity index (χ0) is 11.1. The summed E-state index contributed by atoms with van der Waals surface area (Å²) in [7, 11) is 0. The lowest BCUT2D eigenvalue weighted by Gasteiger charge is -2.08. The van der Waals surface area contributed by atoms with Gasteiger partial charge in [-0.25, -0.2) is 0 Å². The van der Waals surface area contributed by atoms with Crippen LogP contribution in [0.3, 0.4) is 0 Å². The first-order chi connectivity index (χ1) is 7.31. The molecular weight excluding hydrogens is 192 g/mol. The van der Waals surface area contributed by atoms with Crippen molar-refractivity contribution in [1.82, 2.24) is 0 Å². The molecule has 1 N–H and O–H groups in total. The number of rotatable bonds is 6. The Morgan fingerprint density at radius 2 is 2.27 bits per heavy atom. The Labute approximate surface area is 89.0 Å². The van der Waals surface area contributed by atoms with Crippen LogP contribution in [0.15, 0.2) is 30.9 Å². The lowest BCUT2D eigenvalue weighted by Crippen LogP contribution is -1.99. The van der Waals surface area contributed by atoms with E-state index < -0.39 is 0 Å². The first-order valence-electron chi connectivity index (χ1n) is 4.74. The van der Waals surface area contributed by atoms with Crippen molar-refractivity contribution < 1.29 is 14.6 Å². The highest BCUT2D eigenvalue weighted by Crippen LogP contribution is 2.19. The predicted molar refractivity (Wildman–Crippen MR) is 58.3 cm³/mol. The van der Waals surface area contributed by atoms with E-state index in [0.717, 1.165) is 11.8 Å². The van der Waals surface area contributed by atoms with Gasteiger partial charge in [0.05, 0.1) is 5.56 Å². The molecular formula is C12H14O3. The number of hydrogen-bond acceptors (Lipinski definition) is 3. The first-order valence-corrected chi connectivity index (χ1v) is 4.74. The summed E-state index contributed by atoms with van der Waals surface area (Å²) in [6, 6.07) is 5.26. The molecule has 0 radical (unpaired) electrons. The van der Waals surface area contributed by atoms with Crippen LogP contribution in [0.25, 0.3) is 0 Å². The molecule has 0 fully saturated rings. The van der Waals surface area contributed by atoms with Gasteiger partial charge in [-0.05, 0) is 24.1 Å². The van der Waals surface area contributed by atoms with Crippen LogP contribution in [-0.4, -0.2) is 24.6 Å². The Bertz CT molecular complexity index is 345. The molecule has 0 amide bonds. The highest BCUT2D eigenvalue weighted by molar-refractivity contribution is 5.79. The second-order valence-electron chi connectivity index (χ2n) is 3.06. The fourth-order valence-corrected chi connectivity index (χ4v) is 1.23. The van der Waals surface area contributed by atoms with Crippen LogP contribution in [-0.2, 0) is 6.42 Å².